The number of likely N-dealkylation sites (N-methyl/N-ethyl adjacent to an activating group) is 1. The predicted octanol–water partition coefficient (Wildman–Crippen LogP) is 5.01. The van der Waals surface area contributed by atoms with Gasteiger partial charge in [-0.1, -0.05) is 49.4 Å². The van der Waals surface area contributed by atoms with Crippen molar-refractivity contribution in [2.45, 2.75) is 32.6 Å². The second-order valence-electron chi connectivity index (χ2n) is 9.84. The van der Waals surface area contributed by atoms with Gasteiger partial charge in [-0.15, -0.1) is 0 Å². The molecule has 0 aromatic heterocycles. The Morgan fingerprint density at radius 3 is 2.39 bits per heavy atom. The molecule has 38 heavy (non-hydrogen) atoms. The van der Waals surface area contributed by atoms with Gasteiger partial charge in [0.15, 0.2) is 0 Å². The number of anilines is 1. The van der Waals surface area contributed by atoms with Crippen molar-refractivity contribution in [3.63, 3.8) is 0 Å². The second kappa shape index (κ2) is 12.2. The van der Waals surface area contributed by atoms with Crippen molar-refractivity contribution in [3.8, 4) is 11.1 Å². The first-order valence-electron chi connectivity index (χ1n) is 12.8. The molecule has 3 amide bonds. The molecule has 0 radical (unpaired) electrons. The third-order valence-electron chi connectivity index (χ3n) is 6.99. The number of ether oxygens (including phenoxy) is 1. The Hall–Kier alpha value is -3.75. The molecular formula is C30H34FN3O4. The number of aliphatic hydroxyl groups excluding tert-OH is 1. The highest BCUT2D eigenvalue weighted by atomic mass is 19.1. The normalized spacial score (nSPS) is 18.6. The second-order valence-corrected chi connectivity index (χ2v) is 9.84. The third kappa shape index (κ3) is 6.20. The molecule has 3 aromatic carbocycles. The number of nitrogens with one attached hydrogen (secondary N) is 1. The monoisotopic (exact) mass is 519 g/mol. The van der Waals surface area contributed by atoms with Crippen molar-refractivity contribution < 1.29 is 23.8 Å². The van der Waals surface area contributed by atoms with Gasteiger partial charge in [-0.2, -0.15) is 0 Å². The van der Waals surface area contributed by atoms with Crippen LogP contribution in [0.1, 0.15) is 29.8 Å². The summed E-state index contributed by atoms with van der Waals surface area (Å²) in [4.78, 5) is 30.0. The van der Waals surface area contributed by atoms with Gasteiger partial charge in [0.05, 0.1) is 25.4 Å². The summed E-state index contributed by atoms with van der Waals surface area (Å²) in [5.74, 6) is -0.701. The molecule has 7 nitrogen and oxygen atoms in total. The predicted molar refractivity (Wildman–Crippen MR) is 145 cm³/mol. The fraction of sp³-hybridized carbons (Fsp3) is 0.333. The van der Waals surface area contributed by atoms with Crippen molar-refractivity contribution in [1.82, 2.24) is 9.80 Å². The van der Waals surface area contributed by atoms with Gasteiger partial charge >= 0.3 is 6.03 Å². The number of halogens is 1. The maximum atomic E-state index is 13.9. The van der Waals surface area contributed by atoms with Crippen molar-refractivity contribution in [1.29, 1.82) is 0 Å². The summed E-state index contributed by atoms with van der Waals surface area (Å²) in [5.41, 5.74) is 3.71. The lowest BCUT2D eigenvalue weighted by molar-refractivity contribution is -0.0178. The maximum absolute atomic E-state index is 13.9. The Balaban J connectivity index is 1.64. The summed E-state index contributed by atoms with van der Waals surface area (Å²) in [6.07, 6.45) is -0.408. The van der Waals surface area contributed by atoms with E-state index in [1.165, 1.54) is 29.2 Å². The Morgan fingerprint density at radius 2 is 1.71 bits per heavy atom. The zero-order valence-electron chi connectivity index (χ0n) is 21.9. The van der Waals surface area contributed by atoms with Gasteiger partial charge in [-0.3, -0.25) is 4.79 Å². The Kier molecular flexibility index (Phi) is 8.76. The van der Waals surface area contributed by atoms with Crippen LogP contribution < -0.4 is 5.32 Å². The van der Waals surface area contributed by atoms with Crippen LogP contribution in [-0.4, -0.2) is 65.7 Å². The lowest BCUT2D eigenvalue weighted by Gasteiger charge is -2.35. The first-order valence-corrected chi connectivity index (χ1v) is 12.8. The van der Waals surface area contributed by atoms with E-state index in [2.05, 4.69) is 5.32 Å². The number of fused-ring (bicyclic) bond motifs is 3. The summed E-state index contributed by atoms with van der Waals surface area (Å²) < 4.78 is 19.7. The van der Waals surface area contributed by atoms with Crippen molar-refractivity contribution in [2.24, 2.45) is 5.92 Å². The number of aliphatic hydroxyl groups is 1. The Labute approximate surface area is 222 Å². The van der Waals surface area contributed by atoms with Gasteiger partial charge in [-0.05, 0) is 53.9 Å². The fourth-order valence-electron chi connectivity index (χ4n) is 4.66. The maximum Gasteiger partial charge on any atom is 0.321 e. The van der Waals surface area contributed by atoms with Gasteiger partial charge in [-0.25, -0.2) is 9.18 Å². The van der Waals surface area contributed by atoms with Crippen molar-refractivity contribution >= 4 is 17.6 Å². The van der Waals surface area contributed by atoms with Crippen LogP contribution in [-0.2, 0) is 11.3 Å². The Morgan fingerprint density at radius 1 is 1.08 bits per heavy atom. The zero-order chi connectivity index (χ0) is 27.2. The molecule has 2 N–H and O–H groups in total. The molecule has 0 spiro atoms. The zero-order valence-corrected chi connectivity index (χ0v) is 21.9. The number of nitrogens with zero attached hydrogens (tertiary/aromatic N) is 2. The van der Waals surface area contributed by atoms with E-state index >= 15 is 0 Å². The summed E-state index contributed by atoms with van der Waals surface area (Å²) in [7, 11) is 1.67. The smallest absolute Gasteiger partial charge is 0.321 e. The number of hydrogen-bond donors (Lipinski definition) is 2. The van der Waals surface area contributed by atoms with E-state index in [1.54, 1.807) is 11.9 Å². The van der Waals surface area contributed by atoms with Crippen molar-refractivity contribution in [2.75, 3.05) is 32.1 Å². The molecule has 4 rings (SSSR count). The van der Waals surface area contributed by atoms with E-state index in [1.807, 2.05) is 62.4 Å². The minimum absolute atomic E-state index is 0.160. The highest BCUT2D eigenvalue weighted by Gasteiger charge is 2.31. The van der Waals surface area contributed by atoms with E-state index in [0.29, 0.717) is 24.4 Å². The quantitative estimate of drug-likeness (QED) is 0.496. The van der Waals surface area contributed by atoms with Crippen LogP contribution in [0.3, 0.4) is 0 Å². The molecule has 8 heteroatoms. The van der Waals surface area contributed by atoms with E-state index in [-0.39, 0.29) is 36.8 Å². The summed E-state index contributed by atoms with van der Waals surface area (Å²) in [6, 6.07) is 20.1. The summed E-state index contributed by atoms with van der Waals surface area (Å²) in [5, 5.41) is 12.7. The number of amides is 3. The molecule has 0 unspecified atom stereocenters. The standard InChI is InChI=1S/C30H34FN3O4/c1-20-16-34(21(2)18-35)29(36)27-11-7-6-10-26(27)25-9-5-4-8-22(25)19-38-28(20)17-33(3)30(37)32-24-14-12-23(31)13-15-24/h4-15,20-21,28,35H,16-19H2,1-3H3,(H,32,37)/t20-,21+,28+/m1/s1. The molecular weight excluding hydrogens is 485 g/mol. The van der Waals surface area contributed by atoms with Crippen LogP contribution in [0.15, 0.2) is 72.8 Å². The first-order chi connectivity index (χ1) is 18.3. The van der Waals surface area contributed by atoms with E-state index in [4.69, 9.17) is 4.74 Å². The Bertz CT molecular complexity index is 1270. The SMILES string of the molecule is C[C@@H]1CN([C@@H](C)CO)C(=O)c2ccccc2-c2ccccc2CO[C@H]1CN(C)C(=O)Nc1ccc(F)cc1. The van der Waals surface area contributed by atoms with Crippen LogP contribution in [0, 0.1) is 11.7 Å². The molecule has 3 atom stereocenters. The molecule has 0 fully saturated rings. The molecule has 1 heterocycles. The lowest BCUT2D eigenvalue weighted by Crippen LogP contribution is -2.48. The summed E-state index contributed by atoms with van der Waals surface area (Å²) in [6.45, 7) is 4.52. The molecule has 1 aliphatic heterocycles. The number of urea groups is 1. The van der Waals surface area contributed by atoms with E-state index < -0.39 is 12.1 Å². The van der Waals surface area contributed by atoms with Gasteiger partial charge in [0.25, 0.3) is 5.91 Å². The van der Waals surface area contributed by atoms with Crippen LogP contribution >= 0.6 is 0 Å². The highest BCUT2D eigenvalue weighted by Crippen LogP contribution is 2.31. The average Bonchev–Trinajstić information content (AvgIpc) is 2.95. The number of rotatable bonds is 5. The van der Waals surface area contributed by atoms with Crippen LogP contribution in [0.2, 0.25) is 0 Å². The minimum atomic E-state index is -0.408. The molecule has 3 aromatic rings. The lowest BCUT2D eigenvalue weighted by atomic mass is 9.94. The molecule has 1 aliphatic rings. The highest BCUT2D eigenvalue weighted by molar-refractivity contribution is 6.01. The van der Waals surface area contributed by atoms with Gasteiger partial charge in [0.2, 0.25) is 0 Å². The summed E-state index contributed by atoms with van der Waals surface area (Å²) >= 11 is 0. The number of benzene rings is 3. The molecule has 0 aliphatic carbocycles. The van der Waals surface area contributed by atoms with Crippen LogP contribution in [0.25, 0.3) is 11.1 Å². The van der Waals surface area contributed by atoms with E-state index in [0.717, 1.165) is 16.7 Å². The number of hydrogen-bond acceptors (Lipinski definition) is 4. The molecule has 0 saturated heterocycles. The largest absolute Gasteiger partial charge is 0.394 e. The van der Waals surface area contributed by atoms with Crippen molar-refractivity contribution in [3.05, 3.63) is 89.7 Å². The molecule has 0 bridgehead atoms. The van der Waals surface area contributed by atoms with Crippen LogP contribution in [0.4, 0.5) is 14.9 Å². The number of carbonyl (C=O) groups is 2. The molecule has 0 saturated carbocycles. The van der Waals surface area contributed by atoms with Gasteiger partial charge in [0, 0.05) is 37.3 Å². The third-order valence-corrected chi connectivity index (χ3v) is 6.99. The van der Waals surface area contributed by atoms with E-state index in [9.17, 15) is 19.1 Å². The average molecular weight is 520 g/mol. The van der Waals surface area contributed by atoms with Gasteiger partial charge < -0.3 is 25.0 Å². The molecule has 200 valence electrons. The minimum Gasteiger partial charge on any atom is -0.394 e. The number of carbonyl (C=O) groups excluding carboxylic acids is 2. The van der Waals surface area contributed by atoms with Gasteiger partial charge in [0.1, 0.15) is 5.82 Å². The van der Waals surface area contributed by atoms with Crippen LogP contribution in [0.5, 0.6) is 0 Å². The fourth-order valence-corrected chi connectivity index (χ4v) is 4.66. The first kappa shape index (κ1) is 27.3. The topological polar surface area (TPSA) is 82.1 Å².